The van der Waals surface area contributed by atoms with Crippen molar-refractivity contribution in [1.29, 1.82) is 0 Å². The Hall–Kier alpha value is -2.80. The van der Waals surface area contributed by atoms with Gasteiger partial charge < -0.3 is 20.9 Å². The van der Waals surface area contributed by atoms with E-state index in [2.05, 4.69) is 30.8 Å². The number of pyridine rings is 1. The minimum Gasteiger partial charge on any atom is -0.357 e. The minimum atomic E-state index is -0.0782. The third-order valence-electron chi connectivity index (χ3n) is 4.86. The summed E-state index contributed by atoms with van der Waals surface area (Å²) in [6, 6.07) is 11.5. The Bertz CT molecular complexity index is 887. The predicted molar refractivity (Wildman–Crippen MR) is 122 cm³/mol. The molecule has 3 rings (SSSR count). The Morgan fingerprint density at radius 3 is 2.93 bits per heavy atom. The zero-order valence-electron chi connectivity index (χ0n) is 17.5. The van der Waals surface area contributed by atoms with Crippen LogP contribution < -0.4 is 20.9 Å². The number of carbonyl (C=O) groups excluding carboxylic acids is 1. The fraction of sp³-hybridized carbons (Fsp3) is 0.409. The molecule has 1 saturated heterocycles. The van der Waals surface area contributed by atoms with Gasteiger partial charge in [-0.1, -0.05) is 29.3 Å². The first-order chi connectivity index (χ1) is 14.6. The van der Waals surface area contributed by atoms with E-state index in [1.54, 1.807) is 6.20 Å². The topological polar surface area (TPSA) is 81.6 Å². The molecule has 2 aromatic rings. The number of guanidine groups is 1. The number of aryl methyl sites for hydroxylation is 1. The number of aliphatic imine (C=N–C) groups is 1. The van der Waals surface area contributed by atoms with Crippen LogP contribution in [-0.4, -0.2) is 55.6 Å². The quantitative estimate of drug-likeness (QED) is 0.359. The van der Waals surface area contributed by atoms with E-state index in [-0.39, 0.29) is 11.9 Å². The normalized spacial score (nSPS) is 16.4. The molecule has 1 aliphatic heterocycles. The summed E-state index contributed by atoms with van der Waals surface area (Å²) in [5.74, 6) is 1.50. The van der Waals surface area contributed by atoms with Gasteiger partial charge in [-0.05, 0) is 44.5 Å². The third-order valence-corrected chi connectivity index (χ3v) is 5.15. The summed E-state index contributed by atoms with van der Waals surface area (Å²) in [4.78, 5) is 23.4. The van der Waals surface area contributed by atoms with E-state index in [9.17, 15) is 4.79 Å². The molecule has 1 unspecified atom stereocenters. The molecule has 1 aromatic carbocycles. The fourth-order valence-corrected chi connectivity index (χ4v) is 3.66. The summed E-state index contributed by atoms with van der Waals surface area (Å²) >= 11 is 6.28. The summed E-state index contributed by atoms with van der Waals surface area (Å²) in [6.07, 6.45) is 2.74. The number of hydrogen-bond donors (Lipinski definition) is 3. The molecule has 160 valence electrons. The van der Waals surface area contributed by atoms with Crippen molar-refractivity contribution in [2.45, 2.75) is 26.3 Å². The second kappa shape index (κ2) is 10.8. The average molecular weight is 429 g/mol. The lowest BCUT2D eigenvalue weighted by Gasteiger charge is -2.20. The number of rotatable bonds is 7. The number of hydrogen-bond acceptors (Lipinski definition) is 4. The molecule has 1 aromatic heterocycles. The molecule has 0 spiro atoms. The zero-order chi connectivity index (χ0) is 21.3. The number of benzene rings is 1. The first kappa shape index (κ1) is 21.9. The van der Waals surface area contributed by atoms with Gasteiger partial charge in [0.2, 0.25) is 0 Å². The molecule has 30 heavy (non-hydrogen) atoms. The lowest BCUT2D eigenvalue weighted by Crippen LogP contribution is -2.45. The van der Waals surface area contributed by atoms with Crippen molar-refractivity contribution >= 4 is 29.3 Å². The number of halogens is 1. The van der Waals surface area contributed by atoms with Crippen molar-refractivity contribution in [1.82, 2.24) is 20.9 Å². The largest absolute Gasteiger partial charge is 0.357 e. The van der Waals surface area contributed by atoms with E-state index >= 15 is 0 Å². The molecule has 0 aliphatic carbocycles. The van der Waals surface area contributed by atoms with Crippen LogP contribution in [-0.2, 0) is 0 Å². The van der Waals surface area contributed by atoms with E-state index in [4.69, 9.17) is 11.6 Å². The number of carbonyl (C=O) groups is 1. The molecular weight excluding hydrogens is 400 g/mol. The fourth-order valence-electron chi connectivity index (χ4n) is 3.42. The van der Waals surface area contributed by atoms with E-state index in [1.165, 1.54) is 0 Å². The molecule has 0 saturated carbocycles. The molecule has 3 N–H and O–H groups in total. The van der Waals surface area contributed by atoms with Gasteiger partial charge in [-0.15, -0.1) is 0 Å². The van der Waals surface area contributed by atoms with Crippen LogP contribution in [0.15, 0.2) is 47.6 Å². The number of anilines is 1. The van der Waals surface area contributed by atoms with Gasteiger partial charge in [-0.25, -0.2) is 4.98 Å². The maximum atomic E-state index is 12.2. The minimum absolute atomic E-state index is 0.0782. The van der Waals surface area contributed by atoms with E-state index in [0.29, 0.717) is 23.7 Å². The SMILES string of the molecule is CCNC(=NCCNC(=O)c1cccc(C)c1)NC1CCN(c2ncccc2Cl)C1. The van der Waals surface area contributed by atoms with E-state index in [1.807, 2.05) is 50.2 Å². The molecule has 0 radical (unpaired) electrons. The smallest absolute Gasteiger partial charge is 0.251 e. The molecule has 7 nitrogen and oxygen atoms in total. The molecule has 8 heteroatoms. The van der Waals surface area contributed by atoms with Crippen LogP contribution in [0, 0.1) is 6.92 Å². The first-order valence-electron chi connectivity index (χ1n) is 10.3. The van der Waals surface area contributed by atoms with Gasteiger partial charge in [0, 0.05) is 44.0 Å². The molecular formula is C22H29ClN6O. The highest BCUT2D eigenvalue weighted by atomic mass is 35.5. The van der Waals surface area contributed by atoms with Crippen LogP contribution in [0.3, 0.4) is 0 Å². The van der Waals surface area contributed by atoms with Gasteiger partial charge in [0.1, 0.15) is 5.82 Å². The maximum absolute atomic E-state index is 12.2. The van der Waals surface area contributed by atoms with Crippen molar-refractivity contribution in [2.24, 2.45) is 4.99 Å². The van der Waals surface area contributed by atoms with Crippen molar-refractivity contribution in [3.63, 3.8) is 0 Å². The summed E-state index contributed by atoms with van der Waals surface area (Å²) in [6.45, 7) is 7.45. The number of nitrogens with zero attached hydrogens (tertiary/aromatic N) is 3. The Morgan fingerprint density at radius 1 is 1.30 bits per heavy atom. The molecule has 1 fully saturated rings. The van der Waals surface area contributed by atoms with Crippen molar-refractivity contribution in [3.05, 3.63) is 58.7 Å². The zero-order valence-corrected chi connectivity index (χ0v) is 18.2. The van der Waals surface area contributed by atoms with Crippen LogP contribution in [0.2, 0.25) is 5.02 Å². The van der Waals surface area contributed by atoms with Gasteiger partial charge in [0.05, 0.1) is 11.6 Å². The van der Waals surface area contributed by atoms with Crippen molar-refractivity contribution < 1.29 is 4.79 Å². The van der Waals surface area contributed by atoms with E-state index in [0.717, 1.165) is 43.4 Å². The lowest BCUT2D eigenvalue weighted by molar-refractivity contribution is 0.0954. The second-order valence-electron chi connectivity index (χ2n) is 7.27. The highest BCUT2D eigenvalue weighted by Gasteiger charge is 2.25. The van der Waals surface area contributed by atoms with Crippen LogP contribution >= 0.6 is 11.6 Å². The van der Waals surface area contributed by atoms with Crippen LogP contribution in [0.5, 0.6) is 0 Å². The van der Waals surface area contributed by atoms with Crippen LogP contribution in [0.4, 0.5) is 5.82 Å². The summed E-state index contributed by atoms with van der Waals surface area (Å²) in [5, 5.41) is 10.3. The number of aromatic nitrogens is 1. The predicted octanol–water partition coefficient (Wildman–Crippen LogP) is 2.61. The third kappa shape index (κ3) is 6.10. The number of amides is 1. The highest BCUT2D eigenvalue weighted by molar-refractivity contribution is 6.32. The lowest BCUT2D eigenvalue weighted by atomic mass is 10.1. The Morgan fingerprint density at radius 2 is 2.17 bits per heavy atom. The Balaban J connectivity index is 1.49. The second-order valence-corrected chi connectivity index (χ2v) is 7.68. The van der Waals surface area contributed by atoms with Gasteiger partial charge in [-0.2, -0.15) is 0 Å². The highest BCUT2D eigenvalue weighted by Crippen LogP contribution is 2.25. The van der Waals surface area contributed by atoms with Crippen molar-refractivity contribution in [2.75, 3.05) is 37.6 Å². The maximum Gasteiger partial charge on any atom is 0.251 e. The van der Waals surface area contributed by atoms with Crippen molar-refractivity contribution in [3.8, 4) is 0 Å². The van der Waals surface area contributed by atoms with Crippen LogP contribution in [0.1, 0.15) is 29.3 Å². The molecule has 1 aliphatic rings. The standard InChI is InChI=1S/C22H29ClN6O/c1-3-24-22(27-12-11-26-21(30)17-7-4-6-16(2)14-17)28-18-9-13-29(15-18)20-19(23)8-5-10-25-20/h4-8,10,14,18H,3,9,11-13,15H2,1-2H3,(H,26,30)(H2,24,27,28). The average Bonchev–Trinajstić information content (AvgIpc) is 3.19. The summed E-state index contributed by atoms with van der Waals surface area (Å²) in [7, 11) is 0. The summed E-state index contributed by atoms with van der Waals surface area (Å²) in [5.41, 5.74) is 1.74. The molecule has 0 bridgehead atoms. The molecule has 2 heterocycles. The van der Waals surface area contributed by atoms with Gasteiger partial charge in [0.25, 0.3) is 5.91 Å². The Kier molecular flexibility index (Phi) is 7.90. The number of nitrogens with one attached hydrogen (secondary N) is 3. The van der Waals surface area contributed by atoms with Gasteiger partial charge in [0.15, 0.2) is 5.96 Å². The first-order valence-corrected chi connectivity index (χ1v) is 10.7. The molecule has 1 atom stereocenters. The van der Waals surface area contributed by atoms with Gasteiger partial charge in [-0.3, -0.25) is 9.79 Å². The van der Waals surface area contributed by atoms with Gasteiger partial charge >= 0.3 is 0 Å². The Labute approximate surface area is 182 Å². The van der Waals surface area contributed by atoms with Crippen LogP contribution in [0.25, 0.3) is 0 Å². The summed E-state index contributed by atoms with van der Waals surface area (Å²) < 4.78 is 0. The van der Waals surface area contributed by atoms with E-state index < -0.39 is 0 Å². The monoisotopic (exact) mass is 428 g/mol. The molecule has 1 amide bonds.